The number of rotatable bonds is 3. The molecule has 2 aliphatic rings. The maximum atomic E-state index is 13.5. The zero-order valence-corrected chi connectivity index (χ0v) is 17.4. The van der Waals surface area contributed by atoms with Crippen molar-refractivity contribution >= 4 is 28.9 Å². The third-order valence-corrected chi connectivity index (χ3v) is 5.83. The maximum Gasteiger partial charge on any atom is 0.411 e. The standard InChI is InChI=1S/C22H27N3O5/c1-22(2,3)30-21(29)24-12-14-8-9-17(20(27)28)25(14)19(26)18(24)10-13-11-23-16-7-5-4-6-15(13)16/h4-7,11,14,17-18,23H,8-10,12H2,1-3H3,(H,27,28)/t14-,17-,18-/m1/s1. The number of nitrogens with zero attached hydrogens (tertiary/aromatic N) is 2. The van der Waals surface area contributed by atoms with Crippen LogP contribution >= 0.6 is 0 Å². The van der Waals surface area contributed by atoms with Crippen LogP contribution in [0.1, 0.15) is 39.2 Å². The summed E-state index contributed by atoms with van der Waals surface area (Å²) in [5.74, 6) is -1.32. The highest BCUT2D eigenvalue weighted by Crippen LogP contribution is 2.33. The molecule has 3 atom stereocenters. The van der Waals surface area contributed by atoms with Gasteiger partial charge in [0.05, 0.1) is 6.04 Å². The molecule has 4 rings (SSSR count). The molecular weight excluding hydrogens is 386 g/mol. The fraction of sp³-hybridized carbons (Fsp3) is 0.500. The van der Waals surface area contributed by atoms with E-state index in [9.17, 15) is 19.5 Å². The molecule has 30 heavy (non-hydrogen) atoms. The Balaban J connectivity index is 1.68. The molecule has 1 aromatic carbocycles. The molecule has 0 spiro atoms. The van der Waals surface area contributed by atoms with E-state index in [0.29, 0.717) is 12.8 Å². The van der Waals surface area contributed by atoms with Crippen LogP contribution in [0.25, 0.3) is 10.9 Å². The first-order valence-electron chi connectivity index (χ1n) is 10.3. The van der Waals surface area contributed by atoms with E-state index < -0.39 is 29.7 Å². The molecule has 0 bridgehead atoms. The normalized spacial score (nSPS) is 24.2. The van der Waals surface area contributed by atoms with Gasteiger partial charge < -0.3 is 19.7 Å². The van der Waals surface area contributed by atoms with Gasteiger partial charge in [0.1, 0.15) is 17.7 Å². The third kappa shape index (κ3) is 3.62. The van der Waals surface area contributed by atoms with E-state index in [0.717, 1.165) is 16.5 Å². The Morgan fingerprint density at radius 1 is 1.23 bits per heavy atom. The molecule has 2 amide bonds. The molecule has 160 valence electrons. The summed E-state index contributed by atoms with van der Waals surface area (Å²) < 4.78 is 5.58. The first kappa shape index (κ1) is 20.3. The number of nitrogens with one attached hydrogen (secondary N) is 1. The van der Waals surface area contributed by atoms with Crippen LogP contribution in [0.5, 0.6) is 0 Å². The van der Waals surface area contributed by atoms with E-state index in [4.69, 9.17) is 4.74 Å². The average molecular weight is 413 g/mol. The van der Waals surface area contributed by atoms with E-state index >= 15 is 0 Å². The first-order valence-corrected chi connectivity index (χ1v) is 10.3. The minimum atomic E-state index is -0.998. The van der Waals surface area contributed by atoms with Gasteiger partial charge in [-0.25, -0.2) is 9.59 Å². The summed E-state index contributed by atoms with van der Waals surface area (Å²) in [4.78, 5) is 44.3. The molecular formula is C22H27N3O5. The van der Waals surface area contributed by atoms with Crippen LogP contribution in [0.15, 0.2) is 30.5 Å². The second-order valence-electron chi connectivity index (χ2n) is 9.04. The quantitative estimate of drug-likeness (QED) is 0.805. The number of hydrogen-bond donors (Lipinski definition) is 2. The van der Waals surface area contributed by atoms with Crippen molar-refractivity contribution in [2.24, 2.45) is 0 Å². The lowest BCUT2D eigenvalue weighted by Crippen LogP contribution is -2.64. The second kappa shape index (κ2) is 7.34. The van der Waals surface area contributed by atoms with Crippen molar-refractivity contribution in [2.75, 3.05) is 6.54 Å². The number of fused-ring (bicyclic) bond motifs is 2. The number of aliphatic carboxylic acids is 1. The molecule has 2 saturated heterocycles. The summed E-state index contributed by atoms with van der Waals surface area (Å²) in [5.41, 5.74) is 1.16. The van der Waals surface area contributed by atoms with Crippen molar-refractivity contribution in [1.29, 1.82) is 0 Å². The topological polar surface area (TPSA) is 103 Å². The van der Waals surface area contributed by atoms with Crippen molar-refractivity contribution in [3.8, 4) is 0 Å². The second-order valence-corrected chi connectivity index (χ2v) is 9.04. The van der Waals surface area contributed by atoms with E-state index in [2.05, 4.69) is 4.98 Å². The molecule has 2 aliphatic heterocycles. The number of amides is 2. The van der Waals surface area contributed by atoms with Gasteiger partial charge in [-0.3, -0.25) is 9.69 Å². The van der Waals surface area contributed by atoms with Gasteiger partial charge in [-0.1, -0.05) is 18.2 Å². The van der Waals surface area contributed by atoms with Crippen LogP contribution in [0.4, 0.5) is 4.79 Å². The summed E-state index contributed by atoms with van der Waals surface area (Å²) in [6.45, 7) is 5.63. The number of carbonyl (C=O) groups excluding carboxylic acids is 2. The molecule has 3 heterocycles. The summed E-state index contributed by atoms with van der Waals surface area (Å²) in [7, 11) is 0. The van der Waals surface area contributed by atoms with Crippen LogP contribution in [0.3, 0.4) is 0 Å². The summed E-state index contributed by atoms with van der Waals surface area (Å²) in [6, 6.07) is 5.81. The lowest BCUT2D eigenvalue weighted by molar-refractivity contribution is -0.155. The lowest BCUT2D eigenvalue weighted by atomic mass is 9.98. The van der Waals surface area contributed by atoms with Crippen LogP contribution in [-0.2, 0) is 20.7 Å². The van der Waals surface area contributed by atoms with Gasteiger partial charge in [0.15, 0.2) is 0 Å². The minimum Gasteiger partial charge on any atom is -0.480 e. The molecule has 2 fully saturated rings. The number of piperazine rings is 1. The van der Waals surface area contributed by atoms with Gasteiger partial charge >= 0.3 is 12.1 Å². The number of para-hydroxylation sites is 1. The highest BCUT2D eigenvalue weighted by Gasteiger charge is 2.50. The smallest absolute Gasteiger partial charge is 0.411 e. The Morgan fingerprint density at radius 3 is 2.67 bits per heavy atom. The Hall–Kier alpha value is -3.03. The van der Waals surface area contributed by atoms with Crippen molar-refractivity contribution in [2.45, 2.75) is 63.8 Å². The van der Waals surface area contributed by atoms with Crippen molar-refractivity contribution in [3.63, 3.8) is 0 Å². The predicted molar refractivity (Wildman–Crippen MR) is 110 cm³/mol. The van der Waals surface area contributed by atoms with Gasteiger partial charge in [0, 0.05) is 30.1 Å². The molecule has 8 heteroatoms. The van der Waals surface area contributed by atoms with E-state index in [1.807, 2.05) is 30.5 Å². The van der Waals surface area contributed by atoms with Gasteiger partial charge in [0.25, 0.3) is 0 Å². The molecule has 0 unspecified atom stereocenters. The predicted octanol–water partition coefficient (Wildman–Crippen LogP) is 2.77. The average Bonchev–Trinajstić information content (AvgIpc) is 3.27. The Morgan fingerprint density at radius 2 is 1.97 bits per heavy atom. The zero-order chi connectivity index (χ0) is 21.6. The van der Waals surface area contributed by atoms with Crippen molar-refractivity contribution in [1.82, 2.24) is 14.8 Å². The Kier molecular flexibility index (Phi) is 4.95. The largest absolute Gasteiger partial charge is 0.480 e. The molecule has 8 nitrogen and oxygen atoms in total. The summed E-state index contributed by atoms with van der Waals surface area (Å²) in [5, 5.41) is 10.6. The number of carbonyl (C=O) groups is 3. The van der Waals surface area contributed by atoms with Gasteiger partial charge in [-0.2, -0.15) is 0 Å². The minimum absolute atomic E-state index is 0.275. The SMILES string of the molecule is CC(C)(C)OC(=O)N1C[C@H]2CC[C@H](C(=O)O)N2C(=O)[C@H]1Cc1c[nH]c2ccccc12. The maximum absolute atomic E-state index is 13.5. The lowest BCUT2D eigenvalue weighted by Gasteiger charge is -2.44. The van der Waals surface area contributed by atoms with Crippen molar-refractivity contribution in [3.05, 3.63) is 36.0 Å². The molecule has 2 N–H and O–H groups in total. The molecule has 2 aromatic rings. The number of ether oxygens (including phenoxy) is 1. The Labute approximate surface area is 174 Å². The van der Waals surface area contributed by atoms with Crippen molar-refractivity contribution < 1.29 is 24.2 Å². The number of carboxylic acids is 1. The summed E-state index contributed by atoms with van der Waals surface area (Å²) in [6.07, 6.45) is 2.54. The first-order chi connectivity index (χ1) is 14.2. The highest BCUT2D eigenvalue weighted by molar-refractivity contribution is 5.92. The molecule has 1 aromatic heterocycles. The zero-order valence-electron chi connectivity index (χ0n) is 17.4. The van der Waals surface area contributed by atoms with E-state index in [-0.39, 0.29) is 24.9 Å². The van der Waals surface area contributed by atoms with Gasteiger partial charge in [-0.05, 0) is 45.2 Å². The fourth-order valence-electron chi connectivity index (χ4n) is 4.53. The number of H-pyrrole nitrogens is 1. The summed E-state index contributed by atoms with van der Waals surface area (Å²) >= 11 is 0. The van der Waals surface area contributed by atoms with Gasteiger partial charge in [-0.15, -0.1) is 0 Å². The number of carboxylic acid groups (broad SMARTS) is 1. The Bertz CT molecular complexity index is 992. The van der Waals surface area contributed by atoms with Gasteiger partial charge in [0.2, 0.25) is 5.91 Å². The van der Waals surface area contributed by atoms with Crippen LogP contribution in [0.2, 0.25) is 0 Å². The van der Waals surface area contributed by atoms with E-state index in [1.54, 1.807) is 20.8 Å². The molecule has 0 saturated carbocycles. The number of hydrogen-bond acceptors (Lipinski definition) is 4. The van der Waals surface area contributed by atoms with E-state index in [1.165, 1.54) is 9.80 Å². The molecule has 0 radical (unpaired) electrons. The third-order valence-electron chi connectivity index (χ3n) is 5.83. The van der Waals surface area contributed by atoms with Crippen LogP contribution in [0, 0.1) is 0 Å². The highest BCUT2D eigenvalue weighted by atomic mass is 16.6. The number of aromatic amines is 1. The fourth-order valence-corrected chi connectivity index (χ4v) is 4.53. The monoisotopic (exact) mass is 413 g/mol. The van der Waals surface area contributed by atoms with Crippen LogP contribution in [-0.4, -0.2) is 68.1 Å². The number of benzene rings is 1. The molecule has 0 aliphatic carbocycles. The number of aromatic nitrogens is 1. The van der Waals surface area contributed by atoms with Crippen LogP contribution < -0.4 is 0 Å².